The normalized spacial score (nSPS) is 14.4. The predicted molar refractivity (Wildman–Crippen MR) is 113 cm³/mol. The second-order valence-corrected chi connectivity index (χ2v) is 7.78. The largest absolute Gasteiger partial charge is 0.423 e. The number of oxazole rings is 1. The fourth-order valence-electron chi connectivity index (χ4n) is 3.21. The molecule has 0 bridgehead atoms. The van der Waals surface area contributed by atoms with Crippen LogP contribution in [0, 0.1) is 0 Å². The van der Waals surface area contributed by atoms with Crippen molar-refractivity contribution in [1.82, 2.24) is 15.3 Å². The average Bonchev–Trinajstić information content (AvgIpc) is 3.36. The van der Waals surface area contributed by atoms with Crippen LogP contribution < -0.4 is 15.5 Å². The number of hydrogen-bond acceptors (Lipinski definition) is 7. The summed E-state index contributed by atoms with van der Waals surface area (Å²) < 4.78 is 12.3. The van der Waals surface area contributed by atoms with Crippen molar-refractivity contribution in [1.29, 1.82) is 0 Å². The van der Waals surface area contributed by atoms with Gasteiger partial charge in [-0.15, -0.1) is 11.3 Å². The molecule has 2 amide bonds. The summed E-state index contributed by atoms with van der Waals surface area (Å²) in [6, 6.07) is 13.6. The van der Waals surface area contributed by atoms with Crippen molar-refractivity contribution >= 4 is 50.4 Å². The van der Waals surface area contributed by atoms with Gasteiger partial charge < -0.3 is 24.7 Å². The van der Waals surface area contributed by atoms with Crippen LogP contribution in [0.5, 0.6) is 0 Å². The molecule has 0 unspecified atom stereocenters. The second-order valence-electron chi connectivity index (χ2n) is 6.66. The highest BCUT2D eigenvalue weighted by molar-refractivity contribution is 7.18. The molecule has 1 aliphatic rings. The highest BCUT2D eigenvalue weighted by Gasteiger charge is 2.17. The van der Waals surface area contributed by atoms with Crippen LogP contribution in [0.1, 0.15) is 5.01 Å². The van der Waals surface area contributed by atoms with Crippen LogP contribution in [-0.4, -0.2) is 42.3 Å². The number of aromatic nitrogens is 2. The number of rotatable bonds is 4. The van der Waals surface area contributed by atoms with E-state index in [4.69, 9.17) is 9.15 Å². The molecule has 5 rings (SSSR count). The summed E-state index contributed by atoms with van der Waals surface area (Å²) in [7, 11) is 0. The number of hydrogen-bond donors (Lipinski definition) is 2. The first-order valence-corrected chi connectivity index (χ1v) is 10.2. The highest BCUT2D eigenvalue weighted by Crippen LogP contribution is 2.25. The van der Waals surface area contributed by atoms with Crippen LogP contribution >= 0.6 is 11.3 Å². The molecule has 1 fully saturated rings. The fraction of sp³-hybridized carbons (Fsp3) is 0.250. The predicted octanol–water partition coefficient (Wildman–Crippen LogP) is 3.60. The Balaban J connectivity index is 1.23. The van der Waals surface area contributed by atoms with E-state index in [1.165, 1.54) is 0 Å². The molecule has 148 valence electrons. The van der Waals surface area contributed by atoms with Crippen molar-refractivity contribution in [2.45, 2.75) is 6.54 Å². The van der Waals surface area contributed by atoms with Crippen LogP contribution in [0.15, 0.2) is 46.9 Å². The van der Waals surface area contributed by atoms with Crippen LogP contribution in [0.25, 0.3) is 21.3 Å². The Bertz CT molecular complexity index is 1130. The number of benzene rings is 2. The minimum Gasteiger partial charge on any atom is -0.423 e. The van der Waals surface area contributed by atoms with Gasteiger partial charge in [-0.3, -0.25) is 0 Å². The third kappa shape index (κ3) is 3.87. The summed E-state index contributed by atoms with van der Waals surface area (Å²) >= 11 is 1.57. The molecule has 1 aliphatic heterocycles. The summed E-state index contributed by atoms with van der Waals surface area (Å²) in [4.78, 5) is 23.4. The van der Waals surface area contributed by atoms with Gasteiger partial charge >= 0.3 is 6.03 Å². The maximum atomic E-state index is 12.3. The minimum atomic E-state index is -0.295. The number of anilines is 2. The van der Waals surface area contributed by atoms with Crippen molar-refractivity contribution in [2.75, 3.05) is 36.5 Å². The Morgan fingerprint density at radius 1 is 1.10 bits per heavy atom. The van der Waals surface area contributed by atoms with Crippen molar-refractivity contribution in [3.63, 3.8) is 0 Å². The van der Waals surface area contributed by atoms with E-state index < -0.39 is 0 Å². The number of thiazole rings is 1. The molecule has 8 nitrogen and oxygen atoms in total. The maximum absolute atomic E-state index is 12.3. The Kier molecular flexibility index (Phi) is 4.74. The zero-order chi connectivity index (χ0) is 19.6. The summed E-state index contributed by atoms with van der Waals surface area (Å²) in [6.07, 6.45) is 0. The van der Waals surface area contributed by atoms with E-state index in [0.29, 0.717) is 37.0 Å². The standard InChI is InChI=1S/C20H19N5O3S/c26-19(21-12-18-23-15-3-1-2-4-17(15)29-18)22-13-5-6-14-16(11-13)28-20(24-14)25-7-9-27-10-8-25/h1-6,11H,7-10,12H2,(H2,21,22,26). The van der Waals surface area contributed by atoms with Crippen molar-refractivity contribution < 1.29 is 13.9 Å². The summed E-state index contributed by atoms with van der Waals surface area (Å²) in [5.74, 6) is 0. The van der Waals surface area contributed by atoms with Crippen molar-refractivity contribution in [3.05, 3.63) is 47.5 Å². The molecule has 0 spiro atoms. The molecular formula is C20H19N5O3S. The van der Waals surface area contributed by atoms with E-state index in [2.05, 4.69) is 25.5 Å². The number of fused-ring (bicyclic) bond motifs is 2. The number of carbonyl (C=O) groups is 1. The molecule has 0 aliphatic carbocycles. The monoisotopic (exact) mass is 409 g/mol. The van der Waals surface area contributed by atoms with Gasteiger partial charge in [0.15, 0.2) is 5.58 Å². The van der Waals surface area contributed by atoms with Crippen molar-refractivity contribution in [3.8, 4) is 0 Å². The zero-order valence-electron chi connectivity index (χ0n) is 15.6. The lowest BCUT2D eigenvalue weighted by atomic mass is 10.3. The summed E-state index contributed by atoms with van der Waals surface area (Å²) in [6.45, 7) is 3.22. The molecule has 2 aromatic heterocycles. The van der Waals surface area contributed by atoms with E-state index in [9.17, 15) is 4.79 Å². The van der Waals surface area contributed by atoms with Crippen LogP contribution in [0.3, 0.4) is 0 Å². The molecule has 0 atom stereocenters. The quantitative estimate of drug-likeness (QED) is 0.535. The van der Waals surface area contributed by atoms with E-state index >= 15 is 0 Å². The second kappa shape index (κ2) is 7.69. The lowest BCUT2D eigenvalue weighted by Crippen LogP contribution is -2.36. The zero-order valence-corrected chi connectivity index (χ0v) is 16.4. The van der Waals surface area contributed by atoms with Gasteiger partial charge in [-0.25, -0.2) is 9.78 Å². The average molecular weight is 409 g/mol. The number of nitrogens with zero attached hydrogens (tertiary/aromatic N) is 3. The van der Waals surface area contributed by atoms with Gasteiger partial charge in [0.2, 0.25) is 0 Å². The molecule has 1 saturated heterocycles. The van der Waals surface area contributed by atoms with Gasteiger partial charge in [0.25, 0.3) is 6.01 Å². The third-order valence-electron chi connectivity index (χ3n) is 4.65. The highest BCUT2D eigenvalue weighted by atomic mass is 32.1. The Hall–Kier alpha value is -3.17. The van der Waals surface area contributed by atoms with Crippen LogP contribution in [-0.2, 0) is 11.3 Å². The van der Waals surface area contributed by atoms with Gasteiger partial charge in [0, 0.05) is 24.8 Å². The topological polar surface area (TPSA) is 92.5 Å². The van der Waals surface area contributed by atoms with E-state index in [1.54, 1.807) is 17.4 Å². The lowest BCUT2D eigenvalue weighted by molar-refractivity contribution is 0.120. The smallest absolute Gasteiger partial charge is 0.319 e. The first-order chi connectivity index (χ1) is 14.2. The third-order valence-corrected chi connectivity index (χ3v) is 5.69. The molecular weight excluding hydrogens is 390 g/mol. The number of amides is 2. The Morgan fingerprint density at radius 2 is 1.97 bits per heavy atom. The molecule has 4 aromatic rings. The molecule has 3 heterocycles. The number of carbonyl (C=O) groups excluding carboxylic acids is 1. The van der Waals surface area contributed by atoms with Gasteiger partial charge in [0.1, 0.15) is 10.5 Å². The number of ether oxygens (including phenoxy) is 1. The number of para-hydroxylation sites is 1. The van der Waals surface area contributed by atoms with Gasteiger partial charge in [-0.05, 0) is 24.3 Å². The number of morpholine rings is 1. The fourth-order valence-corrected chi connectivity index (χ4v) is 4.11. The van der Waals surface area contributed by atoms with Crippen LogP contribution in [0.2, 0.25) is 0 Å². The first kappa shape index (κ1) is 17.9. The molecule has 2 aromatic carbocycles. The molecule has 29 heavy (non-hydrogen) atoms. The summed E-state index contributed by atoms with van der Waals surface area (Å²) in [5.41, 5.74) is 2.98. The lowest BCUT2D eigenvalue weighted by Gasteiger charge is -2.24. The Labute approximate surface area is 170 Å². The van der Waals surface area contributed by atoms with Gasteiger partial charge in [0.05, 0.1) is 30.0 Å². The molecule has 0 radical (unpaired) electrons. The number of nitrogens with one attached hydrogen (secondary N) is 2. The maximum Gasteiger partial charge on any atom is 0.319 e. The molecule has 9 heteroatoms. The molecule has 0 saturated carbocycles. The van der Waals surface area contributed by atoms with Crippen molar-refractivity contribution in [2.24, 2.45) is 0 Å². The van der Waals surface area contributed by atoms with Crippen LogP contribution in [0.4, 0.5) is 16.5 Å². The van der Waals surface area contributed by atoms with E-state index in [1.807, 2.05) is 36.4 Å². The minimum absolute atomic E-state index is 0.295. The van der Waals surface area contributed by atoms with E-state index in [0.717, 1.165) is 33.8 Å². The van der Waals surface area contributed by atoms with Gasteiger partial charge in [-0.1, -0.05) is 12.1 Å². The first-order valence-electron chi connectivity index (χ1n) is 9.37. The molecule has 2 N–H and O–H groups in total. The van der Waals surface area contributed by atoms with E-state index in [-0.39, 0.29) is 6.03 Å². The Morgan fingerprint density at radius 3 is 2.83 bits per heavy atom. The number of urea groups is 1. The SMILES string of the molecule is O=C(NCc1nc2ccccc2s1)Nc1ccc2nc(N3CCOCC3)oc2c1. The van der Waals surface area contributed by atoms with Gasteiger partial charge in [-0.2, -0.15) is 4.98 Å². The summed E-state index contributed by atoms with van der Waals surface area (Å²) in [5, 5.41) is 6.54.